The zero-order valence-corrected chi connectivity index (χ0v) is 23.7. The van der Waals surface area contributed by atoms with Gasteiger partial charge in [-0.1, -0.05) is 30.3 Å². The maximum Gasteiger partial charge on any atom is 0.0922 e. The molecule has 1 heterocycles. The van der Waals surface area contributed by atoms with Crippen molar-refractivity contribution in [2.75, 3.05) is 6.61 Å². The minimum absolute atomic E-state index is 0. The molecule has 0 amide bonds. The Hall–Kier alpha value is -0.256. The molecule has 4 rings (SSSR count). The van der Waals surface area contributed by atoms with Crippen molar-refractivity contribution in [1.82, 2.24) is 0 Å². The number of aryl methyl sites for hydroxylation is 1. The summed E-state index contributed by atoms with van der Waals surface area (Å²) in [7, 11) is 0. The quantitative estimate of drug-likeness (QED) is 0.212. The average molecular weight is 577 g/mol. The van der Waals surface area contributed by atoms with Gasteiger partial charge in [-0.05, 0) is 48.8 Å². The Bertz CT molecular complexity index is 953. The number of hydrogen-bond acceptors (Lipinski definition) is 3. The Morgan fingerprint density at radius 2 is 1.85 bits per heavy atom. The molecular weight excluding hydrogens is 548 g/mol. The predicted molar refractivity (Wildman–Crippen MR) is 134 cm³/mol. The molecule has 6 heteroatoms. The van der Waals surface area contributed by atoms with Crippen LogP contribution in [0.5, 0.6) is 0 Å². The number of hydrogen-bond donors (Lipinski definition) is 1. The van der Waals surface area contributed by atoms with Crippen molar-refractivity contribution < 1.29 is 42.6 Å². The van der Waals surface area contributed by atoms with Crippen LogP contribution in [0.2, 0.25) is 0 Å². The minimum atomic E-state index is -0.466. The molecule has 1 radical (unpaired) electrons. The van der Waals surface area contributed by atoms with Crippen LogP contribution in [0.25, 0.3) is 0 Å². The molecule has 173 valence electrons. The molecule has 1 aliphatic carbocycles. The molecule has 3 aromatic rings. The Labute approximate surface area is 236 Å². The fraction of sp³-hybridized carbons (Fsp3) is 0.407. The van der Waals surface area contributed by atoms with E-state index in [9.17, 15) is 5.11 Å². The molecule has 3 unspecified atom stereocenters. The summed E-state index contributed by atoms with van der Waals surface area (Å²) in [5.74, 6) is 0.706. The predicted octanol–water partition coefficient (Wildman–Crippen LogP) is 6.82. The maximum atomic E-state index is 10.6. The number of halogens is 2. The van der Waals surface area contributed by atoms with Crippen LogP contribution < -0.4 is 0 Å². The van der Waals surface area contributed by atoms with Gasteiger partial charge in [0.2, 0.25) is 0 Å². The number of benzene rings is 2. The molecule has 33 heavy (non-hydrogen) atoms. The Balaban J connectivity index is 0.00000306. The van der Waals surface area contributed by atoms with Crippen molar-refractivity contribution in [2.45, 2.75) is 49.1 Å². The summed E-state index contributed by atoms with van der Waals surface area (Å²) in [6, 6.07) is 25.3. The van der Waals surface area contributed by atoms with E-state index in [-0.39, 0.29) is 43.5 Å². The molecule has 1 aromatic heterocycles. The van der Waals surface area contributed by atoms with Crippen LogP contribution in [0.1, 0.15) is 39.8 Å². The van der Waals surface area contributed by atoms with E-state index in [2.05, 4.69) is 36.4 Å². The minimum Gasteiger partial charge on any atom is -0.389 e. The van der Waals surface area contributed by atoms with Gasteiger partial charge < -0.3 is 9.84 Å². The fourth-order valence-corrected chi connectivity index (χ4v) is 6.38. The summed E-state index contributed by atoms with van der Waals surface area (Å²) in [6.07, 6.45) is 3.00. The van der Waals surface area contributed by atoms with Crippen LogP contribution in [0.3, 0.4) is 0 Å². The number of ether oxygens (including phenoxy) is 1. The smallest absolute Gasteiger partial charge is 0.0922 e. The number of aliphatic hydroxyl groups is 1. The van der Waals surface area contributed by atoms with Gasteiger partial charge in [-0.15, -0.1) is 40.1 Å². The van der Waals surface area contributed by atoms with Crippen molar-refractivity contribution in [3.63, 3.8) is 0 Å². The first-order valence-corrected chi connectivity index (χ1v) is 12.9. The summed E-state index contributed by atoms with van der Waals surface area (Å²) in [4.78, 5) is 2.31. The molecule has 1 fully saturated rings. The second kappa shape index (κ2) is 13.7. The maximum absolute atomic E-state index is 10.6. The number of thiophene rings is 1. The van der Waals surface area contributed by atoms with E-state index in [4.69, 9.17) is 27.9 Å². The first kappa shape index (κ1) is 27.3. The van der Waals surface area contributed by atoms with E-state index in [1.54, 1.807) is 11.3 Å². The molecule has 1 aliphatic rings. The second-order valence-corrected chi connectivity index (χ2v) is 10.9. The zero-order valence-electron chi connectivity index (χ0n) is 18.6. The van der Waals surface area contributed by atoms with E-state index in [0.29, 0.717) is 31.5 Å². The van der Waals surface area contributed by atoms with Crippen LogP contribution in [0.15, 0.2) is 66.7 Å². The SMILES string of the molecule is OC(Cc1ccccc1)c1ccc(CC[C@H]2C(Cl)C(Cl)C[C@@H]2COCc2c[c-]ccc2)s1.[Y]. The zero-order chi connectivity index (χ0) is 22.3. The van der Waals surface area contributed by atoms with Crippen LogP contribution in [0, 0.1) is 17.9 Å². The molecule has 2 nitrogen and oxygen atoms in total. The fourth-order valence-electron chi connectivity index (χ4n) is 4.51. The van der Waals surface area contributed by atoms with Crippen molar-refractivity contribution in [1.29, 1.82) is 0 Å². The van der Waals surface area contributed by atoms with E-state index >= 15 is 0 Å². The van der Waals surface area contributed by atoms with Gasteiger partial charge in [-0.25, -0.2) is 0 Å². The molecule has 5 atom stereocenters. The van der Waals surface area contributed by atoms with Crippen molar-refractivity contribution in [2.24, 2.45) is 11.8 Å². The van der Waals surface area contributed by atoms with Gasteiger partial charge in [0.25, 0.3) is 0 Å². The standard InChI is InChI=1S/C27H29Cl2O2S.Y/c28-24-16-21(18-31-17-20-9-5-2-6-10-20)23(27(24)29)13-11-22-12-14-26(32-22)25(30)15-19-7-3-1-4-8-19;/h1-5,7-10,12,14,21,23-25,27,30H,11,13,15-18H2;/q-1;/t21-,23-,24?,25?,27?;/m1./s1. The van der Waals surface area contributed by atoms with E-state index in [0.717, 1.165) is 35.3 Å². The van der Waals surface area contributed by atoms with E-state index in [1.807, 2.05) is 36.4 Å². The summed E-state index contributed by atoms with van der Waals surface area (Å²) >= 11 is 14.9. The van der Waals surface area contributed by atoms with Gasteiger partial charge in [0.15, 0.2) is 0 Å². The van der Waals surface area contributed by atoms with Crippen LogP contribution in [0.4, 0.5) is 0 Å². The summed E-state index contributed by atoms with van der Waals surface area (Å²) in [6.45, 7) is 1.27. The van der Waals surface area contributed by atoms with Gasteiger partial charge in [-0.3, -0.25) is 0 Å². The van der Waals surface area contributed by atoms with Gasteiger partial charge in [-0.2, -0.15) is 30.3 Å². The Kier molecular flexibility index (Phi) is 11.4. The van der Waals surface area contributed by atoms with Crippen molar-refractivity contribution >= 4 is 34.5 Å². The Morgan fingerprint density at radius 3 is 2.61 bits per heavy atom. The van der Waals surface area contributed by atoms with Gasteiger partial charge in [0.05, 0.1) is 16.9 Å². The molecule has 1 N–H and O–H groups in total. The molecule has 0 saturated heterocycles. The first-order chi connectivity index (χ1) is 15.6. The van der Waals surface area contributed by atoms with Crippen LogP contribution in [-0.4, -0.2) is 22.5 Å². The molecular formula is C27H29Cl2O2SY-. The van der Waals surface area contributed by atoms with Crippen LogP contribution >= 0.6 is 34.5 Å². The molecule has 0 spiro atoms. The third kappa shape index (κ3) is 7.87. The summed E-state index contributed by atoms with van der Waals surface area (Å²) in [5, 5.41) is 10.6. The Morgan fingerprint density at radius 1 is 1.06 bits per heavy atom. The summed E-state index contributed by atoms with van der Waals surface area (Å²) < 4.78 is 6.01. The van der Waals surface area contributed by atoms with Crippen molar-refractivity contribution in [3.8, 4) is 0 Å². The number of rotatable bonds is 10. The van der Waals surface area contributed by atoms with Gasteiger partial charge >= 0.3 is 0 Å². The second-order valence-electron chi connectivity index (χ2n) is 8.60. The molecule has 0 bridgehead atoms. The number of alkyl halides is 2. The van der Waals surface area contributed by atoms with Crippen LogP contribution in [-0.2, 0) is 56.9 Å². The van der Waals surface area contributed by atoms with Crippen molar-refractivity contribution in [3.05, 3.63) is 93.7 Å². The van der Waals surface area contributed by atoms with E-state index < -0.39 is 6.10 Å². The van der Waals surface area contributed by atoms with Gasteiger partial charge in [0, 0.05) is 62.1 Å². The molecule has 1 saturated carbocycles. The normalized spacial score (nSPS) is 23.2. The average Bonchev–Trinajstić information content (AvgIpc) is 3.39. The van der Waals surface area contributed by atoms with Gasteiger partial charge in [0.1, 0.15) is 0 Å². The largest absolute Gasteiger partial charge is 0.389 e. The third-order valence-electron chi connectivity index (χ3n) is 6.27. The monoisotopic (exact) mass is 576 g/mol. The van der Waals surface area contributed by atoms with E-state index in [1.165, 1.54) is 4.88 Å². The summed E-state index contributed by atoms with van der Waals surface area (Å²) in [5.41, 5.74) is 2.28. The first-order valence-electron chi connectivity index (χ1n) is 11.2. The topological polar surface area (TPSA) is 29.5 Å². The molecule has 2 aromatic carbocycles. The molecule has 0 aliphatic heterocycles. The third-order valence-corrected chi connectivity index (χ3v) is 8.72. The number of aliphatic hydroxyl groups excluding tert-OH is 1.